The Balaban J connectivity index is 1.66. The lowest BCUT2D eigenvalue weighted by molar-refractivity contribution is -0.352. The first-order chi connectivity index (χ1) is 24.9. The molecule has 53 heavy (non-hydrogen) atoms. The first kappa shape index (κ1) is 38.1. The summed E-state index contributed by atoms with van der Waals surface area (Å²) in [5.74, 6) is -4.97. The van der Waals surface area contributed by atoms with Gasteiger partial charge in [0.1, 0.15) is 18.3 Å². The number of ether oxygens (including phenoxy) is 6. The van der Waals surface area contributed by atoms with Crippen LogP contribution in [0.2, 0.25) is 0 Å². The second kappa shape index (κ2) is 13.7. The SMILES string of the molecule is CC(=O)OC1C2=C(C)C(OC(=O)c3ccccc3)CC2(C(C)(C)O)C(O)C2C3(OC(C)=O)COC3CC(OC(C)=O)C2(C)C1OC(=O)c1ccccc1. The van der Waals surface area contributed by atoms with Crippen molar-refractivity contribution in [1.82, 2.24) is 0 Å². The van der Waals surface area contributed by atoms with Gasteiger partial charge in [0.2, 0.25) is 0 Å². The third-order valence-corrected chi connectivity index (χ3v) is 11.8. The average molecular weight is 735 g/mol. The van der Waals surface area contributed by atoms with E-state index in [0.29, 0.717) is 5.57 Å². The van der Waals surface area contributed by atoms with Crippen LogP contribution in [0.15, 0.2) is 71.8 Å². The molecule has 10 atom stereocenters. The second-order valence-electron chi connectivity index (χ2n) is 15.3. The smallest absolute Gasteiger partial charge is 0.338 e. The van der Waals surface area contributed by atoms with Gasteiger partial charge in [0.15, 0.2) is 17.8 Å². The second-order valence-corrected chi connectivity index (χ2v) is 15.3. The van der Waals surface area contributed by atoms with Crippen LogP contribution in [0, 0.1) is 16.7 Å². The molecule has 10 unspecified atom stereocenters. The van der Waals surface area contributed by atoms with Gasteiger partial charge in [-0.1, -0.05) is 43.3 Å². The first-order valence-corrected chi connectivity index (χ1v) is 17.7. The lowest BCUT2D eigenvalue weighted by Crippen LogP contribution is -2.79. The molecule has 0 amide bonds. The fourth-order valence-corrected chi connectivity index (χ4v) is 9.56. The first-order valence-electron chi connectivity index (χ1n) is 17.7. The van der Waals surface area contributed by atoms with E-state index in [4.69, 9.17) is 28.4 Å². The van der Waals surface area contributed by atoms with E-state index in [1.54, 1.807) is 62.4 Å². The van der Waals surface area contributed by atoms with Crippen LogP contribution < -0.4 is 0 Å². The largest absolute Gasteiger partial charge is 0.462 e. The highest BCUT2D eigenvalue weighted by atomic mass is 16.6. The molecular formula is C40H46O13. The Hall–Kier alpha value is -4.59. The number of hydrogen-bond acceptors (Lipinski definition) is 13. The van der Waals surface area contributed by atoms with E-state index in [1.807, 2.05) is 0 Å². The zero-order valence-electron chi connectivity index (χ0n) is 30.8. The molecule has 4 aliphatic rings. The van der Waals surface area contributed by atoms with Crippen molar-refractivity contribution in [1.29, 1.82) is 0 Å². The summed E-state index contributed by atoms with van der Waals surface area (Å²) in [6.07, 6.45) is -8.16. The molecular weight excluding hydrogens is 688 g/mol. The van der Waals surface area contributed by atoms with Crippen LogP contribution in [0.3, 0.4) is 0 Å². The van der Waals surface area contributed by atoms with Gasteiger partial charge in [-0.05, 0) is 56.2 Å². The molecule has 2 N–H and O–H groups in total. The van der Waals surface area contributed by atoms with E-state index < -0.39 is 94.4 Å². The molecule has 3 aliphatic carbocycles. The Bertz CT molecular complexity index is 1820. The molecule has 1 saturated heterocycles. The lowest BCUT2D eigenvalue weighted by atomic mass is 9.49. The normalized spacial score (nSPS) is 34.5. The minimum absolute atomic E-state index is 0.0381. The summed E-state index contributed by atoms with van der Waals surface area (Å²) < 4.78 is 36.8. The van der Waals surface area contributed by atoms with Crippen LogP contribution in [-0.4, -0.2) is 94.5 Å². The number of esters is 5. The van der Waals surface area contributed by atoms with Crippen LogP contribution >= 0.6 is 0 Å². The van der Waals surface area contributed by atoms with Crippen LogP contribution in [0.5, 0.6) is 0 Å². The minimum atomic E-state index is -1.87. The fourth-order valence-electron chi connectivity index (χ4n) is 9.56. The number of carbonyl (C=O) groups excluding carboxylic acids is 5. The average Bonchev–Trinajstić information content (AvgIpc) is 3.35. The van der Waals surface area contributed by atoms with Crippen molar-refractivity contribution < 1.29 is 62.6 Å². The van der Waals surface area contributed by atoms with Crippen LogP contribution in [0.4, 0.5) is 0 Å². The monoisotopic (exact) mass is 734 g/mol. The predicted octanol–water partition coefficient (Wildman–Crippen LogP) is 3.88. The van der Waals surface area contributed by atoms with Crippen molar-refractivity contribution in [3.8, 4) is 0 Å². The number of hydrogen-bond donors (Lipinski definition) is 2. The molecule has 2 aromatic rings. The maximum Gasteiger partial charge on any atom is 0.338 e. The zero-order chi connectivity index (χ0) is 38.7. The van der Waals surface area contributed by atoms with Gasteiger partial charge < -0.3 is 38.6 Å². The summed E-state index contributed by atoms with van der Waals surface area (Å²) in [5.41, 5.74) is -6.04. The van der Waals surface area contributed by atoms with E-state index in [1.165, 1.54) is 46.8 Å². The van der Waals surface area contributed by atoms with Crippen molar-refractivity contribution >= 4 is 29.8 Å². The van der Waals surface area contributed by atoms with Crippen LogP contribution in [-0.2, 0) is 42.8 Å². The van der Waals surface area contributed by atoms with Crippen molar-refractivity contribution in [2.45, 2.75) is 109 Å². The quantitative estimate of drug-likeness (QED) is 0.227. The number of rotatable bonds is 8. The van der Waals surface area contributed by atoms with Gasteiger partial charge in [-0.15, -0.1) is 0 Å². The topological polar surface area (TPSA) is 181 Å². The molecule has 13 nitrogen and oxygen atoms in total. The Morgan fingerprint density at radius 1 is 0.811 bits per heavy atom. The van der Waals surface area contributed by atoms with Crippen molar-refractivity contribution in [2.24, 2.45) is 16.7 Å². The molecule has 1 heterocycles. The summed E-state index contributed by atoms with van der Waals surface area (Å²) in [5, 5.41) is 25.7. The molecule has 13 heteroatoms. The molecule has 1 aliphatic heterocycles. The molecule has 0 radical (unpaired) electrons. The van der Waals surface area contributed by atoms with E-state index in [2.05, 4.69) is 0 Å². The van der Waals surface area contributed by atoms with Gasteiger partial charge in [-0.3, -0.25) is 14.4 Å². The predicted molar refractivity (Wildman–Crippen MR) is 185 cm³/mol. The van der Waals surface area contributed by atoms with E-state index in [-0.39, 0.29) is 36.1 Å². The van der Waals surface area contributed by atoms with Gasteiger partial charge in [0.25, 0.3) is 0 Å². The van der Waals surface area contributed by atoms with Crippen molar-refractivity contribution in [3.05, 3.63) is 82.9 Å². The maximum absolute atomic E-state index is 14.1. The molecule has 0 aromatic heterocycles. The Labute approximate surface area is 307 Å². The van der Waals surface area contributed by atoms with Gasteiger partial charge >= 0.3 is 29.8 Å². The van der Waals surface area contributed by atoms with Gasteiger partial charge in [0.05, 0.1) is 40.3 Å². The Kier molecular flexibility index (Phi) is 9.84. The number of benzene rings is 2. The van der Waals surface area contributed by atoms with Gasteiger partial charge in [-0.25, -0.2) is 9.59 Å². The Morgan fingerprint density at radius 3 is 1.83 bits per heavy atom. The summed E-state index contributed by atoms with van der Waals surface area (Å²) in [4.78, 5) is 66.6. The molecule has 284 valence electrons. The third kappa shape index (κ3) is 6.12. The molecule has 6 rings (SSSR count). The molecule has 0 spiro atoms. The number of fused-ring (bicyclic) bond motifs is 4. The summed E-state index contributed by atoms with van der Waals surface area (Å²) >= 11 is 0. The van der Waals surface area contributed by atoms with Crippen LogP contribution in [0.25, 0.3) is 0 Å². The van der Waals surface area contributed by atoms with Gasteiger partial charge in [0, 0.05) is 39.5 Å². The van der Waals surface area contributed by atoms with Gasteiger partial charge in [-0.2, -0.15) is 0 Å². The molecule has 0 bridgehead atoms. The lowest BCUT2D eigenvalue weighted by Gasteiger charge is -2.65. The third-order valence-electron chi connectivity index (χ3n) is 11.8. The minimum Gasteiger partial charge on any atom is -0.462 e. The highest BCUT2D eigenvalue weighted by molar-refractivity contribution is 5.90. The van der Waals surface area contributed by atoms with Crippen LogP contribution in [0.1, 0.15) is 82.0 Å². The summed E-state index contributed by atoms with van der Waals surface area (Å²) in [6, 6.07) is 16.4. The number of carbonyl (C=O) groups is 5. The van der Waals surface area contributed by atoms with E-state index >= 15 is 0 Å². The molecule has 3 fully saturated rings. The molecule has 2 saturated carbocycles. The maximum atomic E-state index is 14.1. The van der Waals surface area contributed by atoms with E-state index in [9.17, 15) is 34.2 Å². The Morgan fingerprint density at radius 2 is 1.36 bits per heavy atom. The zero-order valence-corrected chi connectivity index (χ0v) is 30.8. The van der Waals surface area contributed by atoms with Crippen molar-refractivity contribution in [2.75, 3.05) is 6.61 Å². The van der Waals surface area contributed by atoms with E-state index in [0.717, 1.165) is 0 Å². The highest BCUT2D eigenvalue weighted by Crippen LogP contribution is 2.68. The highest BCUT2D eigenvalue weighted by Gasteiger charge is 2.79. The number of aliphatic hydroxyl groups is 2. The summed E-state index contributed by atoms with van der Waals surface area (Å²) in [6.45, 7) is 9.63. The summed E-state index contributed by atoms with van der Waals surface area (Å²) in [7, 11) is 0. The standard InChI is InChI=1S/C40H46O13/c1-21-27(51-35(45)25-14-10-8-11-15-25)19-39(37(5,6)47)30(21)31(50-23(3)42)34(52-36(46)26-16-12-9-13-17-26)38(7)28(49-22(2)41)18-29-40(20-48-29,53-24(4)43)32(38)33(39)44/h8-17,27-29,31-34,44,47H,18-20H2,1-7H3. The van der Waals surface area contributed by atoms with Crippen molar-refractivity contribution in [3.63, 3.8) is 0 Å². The molecule has 2 aromatic carbocycles. The fraction of sp³-hybridized carbons (Fsp3) is 0.525. The number of aliphatic hydroxyl groups excluding tert-OH is 1.